The zero-order chi connectivity index (χ0) is 21.7. The number of ether oxygens (including phenoxy) is 3. The molecule has 3 unspecified atom stereocenters. The van der Waals surface area contributed by atoms with Gasteiger partial charge in [0.2, 0.25) is 0 Å². The highest BCUT2D eigenvalue weighted by Gasteiger charge is 2.43. The van der Waals surface area contributed by atoms with Crippen molar-refractivity contribution in [3.05, 3.63) is 0 Å². The van der Waals surface area contributed by atoms with Gasteiger partial charge in [-0.2, -0.15) is 0 Å². The molecule has 0 bridgehead atoms. The van der Waals surface area contributed by atoms with Crippen molar-refractivity contribution >= 4 is 17.9 Å². The molecule has 0 rings (SSSR count). The molecule has 0 radical (unpaired) electrons. The lowest BCUT2D eigenvalue weighted by Gasteiger charge is -2.25. The van der Waals surface area contributed by atoms with E-state index in [9.17, 15) is 24.6 Å². The van der Waals surface area contributed by atoms with Crippen LogP contribution >= 0.6 is 0 Å². The predicted octanol–water partition coefficient (Wildman–Crippen LogP) is -4.81. The number of rotatable bonds is 14. The highest BCUT2D eigenvalue weighted by atomic mass is 16.6. The number of aliphatic hydroxyl groups excluding tert-OH is 6. The number of esters is 3. The summed E-state index contributed by atoms with van der Waals surface area (Å²) < 4.78 is 13.7. The normalized spacial score (nSPS) is 16.4. The number of aliphatic hydroxyl groups is 7. The number of carbonyl (C=O) groups is 3. The summed E-state index contributed by atoms with van der Waals surface area (Å²) in [5.74, 6) is -3.95. The average Bonchev–Trinajstić information content (AvgIpc) is 2.67. The second kappa shape index (κ2) is 13.3. The van der Waals surface area contributed by atoms with Gasteiger partial charge in [0, 0.05) is 0 Å². The van der Waals surface area contributed by atoms with E-state index in [1.165, 1.54) is 0 Å². The van der Waals surface area contributed by atoms with Gasteiger partial charge in [0.25, 0.3) is 0 Å². The van der Waals surface area contributed by atoms with E-state index in [1.807, 2.05) is 0 Å². The highest BCUT2D eigenvalue weighted by molar-refractivity contribution is 5.90. The molecule has 0 amide bonds. The van der Waals surface area contributed by atoms with Crippen LogP contribution in [0.5, 0.6) is 0 Å². The minimum atomic E-state index is -2.78. The summed E-state index contributed by atoms with van der Waals surface area (Å²) in [5, 5.41) is 63.8. The van der Waals surface area contributed by atoms with Gasteiger partial charge < -0.3 is 50.0 Å². The summed E-state index contributed by atoms with van der Waals surface area (Å²) in [5.41, 5.74) is -2.78. The van der Waals surface area contributed by atoms with Gasteiger partial charge in [0.1, 0.15) is 38.1 Å². The molecule has 13 heteroatoms. The summed E-state index contributed by atoms with van der Waals surface area (Å²) in [6, 6.07) is 0. The van der Waals surface area contributed by atoms with Gasteiger partial charge >= 0.3 is 17.9 Å². The van der Waals surface area contributed by atoms with E-state index in [2.05, 4.69) is 14.2 Å². The third kappa shape index (κ3) is 10.5. The summed E-state index contributed by atoms with van der Waals surface area (Å²) >= 11 is 0. The van der Waals surface area contributed by atoms with Crippen molar-refractivity contribution in [1.82, 2.24) is 0 Å². The van der Waals surface area contributed by atoms with Crippen LogP contribution in [0.1, 0.15) is 12.8 Å². The smallest absolute Gasteiger partial charge is 0.339 e. The van der Waals surface area contributed by atoms with Gasteiger partial charge in [-0.05, 0) is 0 Å². The summed E-state index contributed by atoms with van der Waals surface area (Å²) in [6.07, 6.45) is -6.46. The zero-order valence-corrected chi connectivity index (χ0v) is 15.0. The first kappa shape index (κ1) is 26.1. The van der Waals surface area contributed by atoms with E-state index < -0.39 is 94.3 Å². The molecule has 0 saturated heterocycles. The molecule has 0 fully saturated rings. The predicted molar refractivity (Wildman–Crippen MR) is 86.3 cm³/mol. The van der Waals surface area contributed by atoms with Crippen molar-refractivity contribution < 1.29 is 64.3 Å². The van der Waals surface area contributed by atoms with Crippen LogP contribution in [0.2, 0.25) is 0 Å². The molecule has 0 spiro atoms. The maximum Gasteiger partial charge on any atom is 0.339 e. The van der Waals surface area contributed by atoms with E-state index in [4.69, 9.17) is 25.5 Å². The first-order valence-electron chi connectivity index (χ1n) is 8.15. The molecule has 0 aromatic carbocycles. The van der Waals surface area contributed by atoms with Crippen LogP contribution in [0.3, 0.4) is 0 Å². The molecule has 28 heavy (non-hydrogen) atoms. The average molecular weight is 414 g/mol. The second-order valence-electron chi connectivity index (χ2n) is 5.86. The minimum Gasteiger partial charge on any atom is -0.463 e. The van der Waals surface area contributed by atoms with Crippen LogP contribution in [0.4, 0.5) is 0 Å². The Morgan fingerprint density at radius 1 is 0.679 bits per heavy atom. The SMILES string of the molecule is O=C(CC(O)(CC(=O)OCC(O)CO)C(=O)OCC(O)CO)OCC(O)CO. The van der Waals surface area contributed by atoms with Crippen LogP contribution in [0, 0.1) is 0 Å². The molecular formula is C15H26O13. The summed E-state index contributed by atoms with van der Waals surface area (Å²) in [7, 11) is 0. The maximum atomic E-state index is 12.1. The molecule has 0 aliphatic rings. The molecule has 3 atom stereocenters. The van der Waals surface area contributed by atoms with Crippen LogP contribution < -0.4 is 0 Å². The molecule has 0 aromatic rings. The third-order valence-electron chi connectivity index (χ3n) is 3.17. The van der Waals surface area contributed by atoms with Gasteiger partial charge in [0.05, 0.1) is 32.7 Å². The zero-order valence-electron chi connectivity index (χ0n) is 15.0. The molecule has 0 aliphatic carbocycles. The van der Waals surface area contributed by atoms with Crippen LogP contribution in [0.25, 0.3) is 0 Å². The Labute approximate surface area is 159 Å². The lowest BCUT2D eigenvalue weighted by atomic mass is 9.95. The van der Waals surface area contributed by atoms with Crippen LogP contribution in [-0.4, -0.2) is 117 Å². The fourth-order valence-corrected chi connectivity index (χ4v) is 1.63. The number of carbonyl (C=O) groups excluding carboxylic acids is 3. The maximum absolute atomic E-state index is 12.1. The Kier molecular flexibility index (Phi) is 12.4. The molecule has 0 aliphatic heterocycles. The minimum absolute atomic E-state index is 0.642. The fraction of sp³-hybridized carbons (Fsp3) is 0.800. The van der Waals surface area contributed by atoms with Crippen molar-refractivity contribution in [2.75, 3.05) is 39.6 Å². The van der Waals surface area contributed by atoms with Crippen LogP contribution in [-0.2, 0) is 28.6 Å². The van der Waals surface area contributed by atoms with E-state index in [1.54, 1.807) is 0 Å². The standard InChI is InChI=1S/C15H26O13/c16-3-9(19)6-26-12(22)1-15(25,14(24)28-8-11(21)5-18)2-13(23)27-7-10(20)4-17/h9-11,16-21,25H,1-8H2. The Balaban J connectivity index is 5.04. The van der Waals surface area contributed by atoms with Gasteiger partial charge in [0.15, 0.2) is 5.60 Å². The Morgan fingerprint density at radius 2 is 1.00 bits per heavy atom. The van der Waals surface area contributed by atoms with Gasteiger partial charge in [-0.15, -0.1) is 0 Å². The quantitative estimate of drug-likeness (QED) is 0.105. The van der Waals surface area contributed by atoms with Crippen LogP contribution in [0.15, 0.2) is 0 Å². The van der Waals surface area contributed by atoms with Gasteiger partial charge in [-0.25, -0.2) is 4.79 Å². The first-order chi connectivity index (χ1) is 13.1. The van der Waals surface area contributed by atoms with E-state index in [-0.39, 0.29) is 0 Å². The lowest BCUT2D eigenvalue weighted by Crippen LogP contribution is -2.46. The van der Waals surface area contributed by atoms with Crippen molar-refractivity contribution in [3.8, 4) is 0 Å². The third-order valence-corrected chi connectivity index (χ3v) is 3.17. The van der Waals surface area contributed by atoms with Crippen molar-refractivity contribution in [2.45, 2.75) is 36.8 Å². The molecule has 13 nitrogen and oxygen atoms in total. The first-order valence-corrected chi connectivity index (χ1v) is 8.15. The molecule has 7 N–H and O–H groups in total. The van der Waals surface area contributed by atoms with Crippen molar-refractivity contribution in [3.63, 3.8) is 0 Å². The molecular weight excluding hydrogens is 388 g/mol. The summed E-state index contributed by atoms with van der Waals surface area (Å²) in [6.45, 7) is -4.20. The topological polar surface area (TPSA) is 221 Å². The molecule has 0 saturated carbocycles. The van der Waals surface area contributed by atoms with Crippen molar-refractivity contribution in [2.24, 2.45) is 0 Å². The largest absolute Gasteiger partial charge is 0.463 e. The number of hydrogen-bond donors (Lipinski definition) is 7. The molecule has 0 aromatic heterocycles. The van der Waals surface area contributed by atoms with Gasteiger partial charge in [-0.1, -0.05) is 0 Å². The monoisotopic (exact) mass is 414 g/mol. The van der Waals surface area contributed by atoms with Gasteiger partial charge in [-0.3, -0.25) is 9.59 Å². The Bertz CT molecular complexity index is 466. The van der Waals surface area contributed by atoms with E-state index in [0.29, 0.717) is 0 Å². The Hall–Kier alpha value is -1.87. The van der Waals surface area contributed by atoms with E-state index in [0.717, 1.165) is 0 Å². The van der Waals surface area contributed by atoms with E-state index >= 15 is 0 Å². The summed E-state index contributed by atoms with van der Waals surface area (Å²) in [4.78, 5) is 35.6. The molecule has 164 valence electrons. The number of hydrogen-bond acceptors (Lipinski definition) is 13. The fourth-order valence-electron chi connectivity index (χ4n) is 1.63. The second-order valence-corrected chi connectivity index (χ2v) is 5.86. The van der Waals surface area contributed by atoms with Crippen molar-refractivity contribution in [1.29, 1.82) is 0 Å². The lowest BCUT2D eigenvalue weighted by molar-refractivity contribution is -0.181. The molecule has 0 heterocycles. The highest BCUT2D eigenvalue weighted by Crippen LogP contribution is 2.20. The Morgan fingerprint density at radius 3 is 1.32 bits per heavy atom.